The lowest BCUT2D eigenvalue weighted by Crippen LogP contribution is -2.54. The molecular formula is C25H18FN3O7. The van der Waals surface area contributed by atoms with E-state index < -0.39 is 28.6 Å². The Kier molecular flexibility index (Phi) is 6.72. The number of hydrogen-bond donors (Lipinski definition) is 1. The molecule has 36 heavy (non-hydrogen) atoms. The first-order chi connectivity index (χ1) is 17.3. The Hall–Kier alpha value is -5.06. The summed E-state index contributed by atoms with van der Waals surface area (Å²) in [6, 6.07) is 14.6. The monoisotopic (exact) mass is 491 g/mol. The van der Waals surface area contributed by atoms with Gasteiger partial charge in [-0.25, -0.2) is 14.1 Å². The summed E-state index contributed by atoms with van der Waals surface area (Å²) in [5, 5.41) is 13.1. The summed E-state index contributed by atoms with van der Waals surface area (Å²) in [4.78, 5) is 48.9. The molecule has 3 aromatic rings. The fraction of sp³-hybridized carbons (Fsp3) is 0.0800. The van der Waals surface area contributed by atoms with E-state index in [2.05, 4.69) is 5.32 Å². The zero-order chi connectivity index (χ0) is 25.8. The number of urea groups is 1. The normalized spacial score (nSPS) is 14.6. The summed E-state index contributed by atoms with van der Waals surface area (Å²) in [6.45, 7) is -0.0509. The van der Waals surface area contributed by atoms with E-state index in [0.717, 1.165) is 6.07 Å². The van der Waals surface area contributed by atoms with Crippen LogP contribution in [0, 0.1) is 15.9 Å². The summed E-state index contributed by atoms with van der Waals surface area (Å²) in [6.07, 6.45) is 1.25. The summed E-state index contributed by atoms with van der Waals surface area (Å²) in [5.74, 6) is -1.73. The zero-order valence-corrected chi connectivity index (χ0v) is 18.8. The lowest BCUT2D eigenvalue weighted by molar-refractivity contribution is -0.384. The van der Waals surface area contributed by atoms with Crippen molar-refractivity contribution in [1.29, 1.82) is 0 Å². The molecule has 10 nitrogen and oxygen atoms in total. The van der Waals surface area contributed by atoms with Gasteiger partial charge in [0.15, 0.2) is 11.5 Å². The highest BCUT2D eigenvalue weighted by Crippen LogP contribution is 2.31. The van der Waals surface area contributed by atoms with Crippen LogP contribution in [-0.2, 0) is 16.2 Å². The molecule has 1 fully saturated rings. The van der Waals surface area contributed by atoms with Crippen molar-refractivity contribution in [3.8, 4) is 11.5 Å². The average Bonchev–Trinajstić information content (AvgIpc) is 2.86. The first-order valence-corrected chi connectivity index (χ1v) is 10.5. The summed E-state index contributed by atoms with van der Waals surface area (Å²) >= 11 is 0. The standard InChI is InChI=1S/C25H18FN3O7/c1-35-22-12-15(9-10-21(22)36-14-16-5-2-3-8-20(16)26)11-19-23(30)27-25(32)28(24(19)31)17-6-4-7-18(13-17)29(33)34/h2-13H,14H2,1H3,(H,27,30,32)/b19-11+. The largest absolute Gasteiger partial charge is 0.493 e. The van der Waals surface area contributed by atoms with E-state index >= 15 is 0 Å². The van der Waals surface area contributed by atoms with Crippen molar-refractivity contribution in [3.63, 3.8) is 0 Å². The quantitative estimate of drug-likeness (QED) is 0.229. The van der Waals surface area contributed by atoms with E-state index in [9.17, 15) is 28.9 Å². The number of barbiturate groups is 1. The van der Waals surface area contributed by atoms with Gasteiger partial charge in [-0.3, -0.25) is 25.0 Å². The lowest BCUT2D eigenvalue weighted by atomic mass is 10.1. The highest BCUT2D eigenvalue weighted by atomic mass is 19.1. The molecule has 11 heteroatoms. The van der Waals surface area contributed by atoms with Gasteiger partial charge in [0.05, 0.1) is 17.7 Å². The van der Waals surface area contributed by atoms with Crippen molar-refractivity contribution in [2.75, 3.05) is 12.0 Å². The van der Waals surface area contributed by atoms with Crippen molar-refractivity contribution in [3.05, 3.63) is 99.4 Å². The number of methoxy groups -OCH3 is 1. The number of nitro groups is 1. The fourth-order valence-electron chi connectivity index (χ4n) is 3.47. The molecule has 0 atom stereocenters. The molecule has 0 aliphatic carbocycles. The number of benzene rings is 3. The highest BCUT2D eigenvalue weighted by Gasteiger charge is 2.37. The van der Waals surface area contributed by atoms with Crippen molar-refractivity contribution in [2.24, 2.45) is 0 Å². The predicted octanol–water partition coefficient (Wildman–Crippen LogP) is 3.99. The first-order valence-electron chi connectivity index (χ1n) is 10.5. The van der Waals surface area contributed by atoms with Crippen molar-refractivity contribution < 1.29 is 33.2 Å². The van der Waals surface area contributed by atoms with Gasteiger partial charge in [-0.1, -0.05) is 30.3 Å². The number of nitrogens with zero attached hydrogens (tertiary/aromatic N) is 2. The number of amides is 4. The number of halogens is 1. The van der Waals surface area contributed by atoms with Gasteiger partial charge in [0.1, 0.15) is 18.0 Å². The van der Waals surface area contributed by atoms with E-state index in [-0.39, 0.29) is 29.3 Å². The number of anilines is 1. The van der Waals surface area contributed by atoms with Gasteiger partial charge in [-0.05, 0) is 35.9 Å². The van der Waals surface area contributed by atoms with Crippen LogP contribution in [0.25, 0.3) is 6.08 Å². The third kappa shape index (κ3) is 4.89. The third-order valence-corrected chi connectivity index (χ3v) is 5.24. The Morgan fingerprint density at radius 1 is 1.03 bits per heavy atom. The van der Waals surface area contributed by atoms with Crippen molar-refractivity contribution >= 4 is 35.3 Å². The van der Waals surface area contributed by atoms with E-state index in [0.29, 0.717) is 21.8 Å². The molecule has 0 spiro atoms. The van der Waals surface area contributed by atoms with E-state index in [1.165, 1.54) is 49.6 Å². The maximum absolute atomic E-state index is 13.9. The number of non-ortho nitro benzene ring substituents is 1. The number of carbonyl (C=O) groups excluding carboxylic acids is 3. The van der Waals surface area contributed by atoms with E-state index in [4.69, 9.17) is 9.47 Å². The minimum Gasteiger partial charge on any atom is -0.493 e. The number of rotatable bonds is 7. The maximum atomic E-state index is 13.9. The Balaban J connectivity index is 1.61. The molecule has 0 saturated carbocycles. The second kappa shape index (κ2) is 10.1. The number of nitro benzene ring substituents is 1. The molecule has 0 unspecified atom stereocenters. The van der Waals surface area contributed by atoms with Gasteiger partial charge in [0.25, 0.3) is 17.5 Å². The van der Waals surface area contributed by atoms with Crippen LogP contribution in [0.15, 0.2) is 72.3 Å². The van der Waals surface area contributed by atoms with Crippen molar-refractivity contribution in [2.45, 2.75) is 6.61 Å². The Bertz CT molecular complexity index is 1420. The van der Waals surface area contributed by atoms with Crippen LogP contribution in [0.4, 0.5) is 20.6 Å². The average molecular weight is 491 g/mol. The van der Waals surface area contributed by atoms with Crippen LogP contribution in [0.5, 0.6) is 11.5 Å². The smallest absolute Gasteiger partial charge is 0.335 e. The second-order valence-corrected chi connectivity index (χ2v) is 7.53. The minimum atomic E-state index is -1.03. The Labute approximate surface area is 203 Å². The van der Waals surface area contributed by atoms with E-state index in [1.807, 2.05) is 0 Å². The zero-order valence-electron chi connectivity index (χ0n) is 18.8. The molecule has 0 aromatic heterocycles. The Morgan fingerprint density at radius 3 is 2.53 bits per heavy atom. The topological polar surface area (TPSA) is 128 Å². The SMILES string of the molecule is COc1cc(/C=C2\C(=O)NC(=O)N(c3cccc([N+](=O)[O-])c3)C2=O)ccc1OCc1ccccc1F. The molecule has 0 bridgehead atoms. The van der Waals surface area contributed by atoms with Gasteiger partial charge in [-0.2, -0.15) is 0 Å². The predicted molar refractivity (Wildman–Crippen MR) is 126 cm³/mol. The number of ether oxygens (including phenoxy) is 2. The third-order valence-electron chi connectivity index (χ3n) is 5.24. The minimum absolute atomic E-state index is 0.0509. The van der Waals surface area contributed by atoms with Crippen LogP contribution < -0.4 is 19.7 Å². The number of nitrogens with one attached hydrogen (secondary N) is 1. The highest BCUT2D eigenvalue weighted by molar-refractivity contribution is 6.39. The van der Waals surface area contributed by atoms with Gasteiger partial charge in [0, 0.05) is 17.7 Å². The van der Waals surface area contributed by atoms with Gasteiger partial charge < -0.3 is 9.47 Å². The number of hydrogen-bond acceptors (Lipinski definition) is 7. The Morgan fingerprint density at radius 2 is 1.81 bits per heavy atom. The second-order valence-electron chi connectivity index (χ2n) is 7.53. The lowest BCUT2D eigenvalue weighted by Gasteiger charge is -2.26. The number of carbonyl (C=O) groups is 3. The first kappa shape index (κ1) is 24.1. The van der Waals surface area contributed by atoms with Crippen LogP contribution >= 0.6 is 0 Å². The van der Waals surface area contributed by atoms with Crippen LogP contribution in [0.2, 0.25) is 0 Å². The van der Waals surface area contributed by atoms with Crippen LogP contribution in [0.3, 0.4) is 0 Å². The molecule has 1 heterocycles. The van der Waals surface area contributed by atoms with E-state index in [1.54, 1.807) is 24.3 Å². The molecule has 4 amide bonds. The molecular weight excluding hydrogens is 473 g/mol. The molecule has 1 N–H and O–H groups in total. The van der Waals surface area contributed by atoms with Crippen LogP contribution in [0.1, 0.15) is 11.1 Å². The molecule has 1 aliphatic rings. The molecule has 182 valence electrons. The molecule has 1 saturated heterocycles. The van der Waals surface area contributed by atoms with Crippen LogP contribution in [-0.4, -0.2) is 29.9 Å². The molecule has 4 rings (SSSR count). The van der Waals surface area contributed by atoms with Gasteiger partial charge in [0.2, 0.25) is 0 Å². The van der Waals surface area contributed by atoms with Crippen molar-refractivity contribution in [1.82, 2.24) is 5.32 Å². The van der Waals surface area contributed by atoms with Gasteiger partial charge in [-0.15, -0.1) is 0 Å². The maximum Gasteiger partial charge on any atom is 0.335 e. The molecule has 3 aromatic carbocycles. The summed E-state index contributed by atoms with van der Waals surface area (Å²) < 4.78 is 24.9. The number of imide groups is 2. The molecule has 0 radical (unpaired) electrons. The van der Waals surface area contributed by atoms with Gasteiger partial charge >= 0.3 is 6.03 Å². The molecule has 1 aliphatic heterocycles. The fourth-order valence-corrected chi connectivity index (χ4v) is 3.47. The summed E-state index contributed by atoms with van der Waals surface area (Å²) in [5.41, 5.74) is -0.0490. The summed E-state index contributed by atoms with van der Waals surface area (Å²) in [7, 11) is 1.39.